The predicted molar refractivity (Wildman–Crippen MR) is 91.5 cm³/mol. The second kappa shape index (κ2) is 7.09. The zero-order chi connectivity index (χ0) is 18.0. The van der Waals surface area contributed by atoms with Gasteiger partial charge in [0.25, 0.3) is 5.91 Å². The zero-order valence-electron chi connectivity index (χ0n) is 14.4. The molecule has 0 radical (unpaired) electrons. The van der Waals surface area contributed by atoms with Gasteiger partial charge in [-0.05, 0) is 54.8 Å². The minimum Gasteiger partial charge on any atom is -0.469 e. The van der Waals surface area contributed by atoms with Gasteiger partial charge in [0.2, 0.25) is 0 Å². The van der Waals surface area contributed by atoms with Gasteiger partial charge in [0, 0.05) is 25.8 Å². The summed E-state index contributed by atoms with van der Waals surface area (Å²) >= 11 is 0. The van der Waals surface area contributed by atoms with E-state index in [2.05, 4.69) is 0 Å². The number of carbonyl (C=O) groups is 2. The zero-order valence-corrected chi connectivity index (χ0v) is 14.4. The van der Waals surface area contributed by atoms with E-state index in [1.807, 2.05) is 13.1 Å². The van der Waals surface area contributed by atoms with Crippen molar-refractivity contribution < 1.29 is 18.7 Å². The Morgan fingerprint density at radius 1 is 1.16 bits per heavy atom. The van der Waals surface area contributed by atoms with Crippen LogP contribution in [0.1, 0.15) is 23.3 Å². The lowest BCUT2D eigenvalue weighted by molar-refractivity contribution is -0.146. The van der Waals surface area contributed by atoms with Crippen LogP contribution in [-0.4, -0.2) is 41.5 Å². The van der Waals surface area contributed by atoms with E-state index in [1.165, 1.54) is 19.2 Å². The van der Waals surface area contributed by atoms with Crippen molar-refractivity contribution in [1.29, 1.82) is 0 Å². The van der Waals surface area contributed by atoms with Crippen molar-refractivity contribution in [1.82, 2.24) is 9.47 Å². The summed E-state index contributed by atoms with van der Waals surface area (Å²) in [7, 11) is 3.18. The van der Waals surface area contributed by atoms with Crippen molar-refractivity contribution in [2.75, 3.05) is 20.2 Å². The summed E-state index contributed by atoms with van der Waals surface area (Å²) < 4.78 is 19.7. The fourth-order valence-corrected chi connectivity index (χ4v) is 3.32. The lowest BCUT2D eigenvalue weighted by Crippen LogP contribution is -2.43. The number of aromatic nitrogens is 1. The maximum Gasteiger partial charge on any atom is 0.310 e. The van der Waals surface area contributed by atoms with E-state index in [4.69, 9.17) is 4.74 Å². The first-order valence-electron chi connectivity index (χ1n) is 8.30. The second-order valence-electron chi connectivity index (χ2n) is 6.28. The number of amides is 1. The smallest absolute Gasteiger partial charge is 0.310 e. The fraction of sp³-hybridized carbons (Fsp3) is 0.368. The first-order chi connectivity index (χ1) is 12.0. The van der Waals surface area contributed by atoms with Gasteiger partial charge in [-0.2, -0.15) is 0 Å². The summed E-state index contributed by atoms with van der Waals surface area (Å²) in [6.07, 6.45) is 1.52. The number of piperidine rings is 1. The van der Waals surface area contributed by atoms with Gasteiger partial charge in [0.05, 0.1) is 13.0 Å². The van der Waals surface area contributed by atoms with Crippen molar-refractivity contribution >= 4 is 11.9 Å². The average molecular weight is 344 g/mol. The largest absolute Gasteiger partial charge is 0.469 e. The summed E-state index contributed by atoms with van der Waals surface area (Å²) in [4.78, 5) is 26.3. The molecule has 1 aromatic heterocycles. The molecule has 132 valence electrons. The maximum atomic E-state index is 13.1. The van der Waals surface area contributed by atoms with E-state index in [9.17, 15) is 14.0 Å². The van der Waals surface area contributed by atoms with Crippen LogP contribution in [0.4, 0.5) is 4.39 Å². The second-order valence-corrected chi connectivity index (χ2v) is 6.28. The molecule has 1 aromatic carbocycles. The standard InChI is InChI=1S/C19H21FN2O3/c1-21-16(13-5-7-15(20)8-6-13)9-10-17(21)18(23)22-11-3-4-14(12-22)19(24)25-2/h5-10,14H,3-4,11-12H2,1-2H3/t14-/m1/s1. The van der Waals surface area contributed by atoms with E-state index in [1.54, 1.807) is 27.7 Å². The number of likely N-dealkylation sites (tertiary alicyclic amines) is 1. The minimum atomic E-state index is -0.295. The molecule has 1 fully saturated rings. The Hall–Kier alpha value is -2.63. The van der Waals surface area contributed by atoms with E-state index in [-0.39, 0.29) is 23.6 Å². The molecule has 3 rings (SSSR count). The van der Waals surface area contributed by atoms with Gasteiger partial charge in [-0.25, -0.2) is 4.39 Å². The number of hydrogen-bond acceptors (Lipinski definition) is 3. The van der Waals surface area contributed by atoms with Crippen LogP contribution in [-0.2, 0) is 16.6 Å². The number of benzene rings is 1. The normalized spacial score (nSPS) is 17.4. The van der Waals surface area contributed by atoms with Crippen molar-refractivity contribution in [2.24, 2.45) is 13.0 Å². The molecule has 25 heavy (non-hydrogen) atoms. The summed E-state index contributed by atoms with van der Waals surface area (Å²) in [5.74, 6) is -0.934. The molecule has 1 aliphatic heterocycles. The van der Waals surface area contributed by atoms with Crippen LogP contribution >= 0.6 is 0 Å². The quantitative estimate of drug-likeness (QED) is 0.805. The van der Waals surface area contributed by atoms with E-state index in [0.29, 0.717) is 18.8 Å². The number of halogens is 1. The lowest BCUT2D eigenvalue weighted by Gasteiger charge is -2.31. The summed E-state index contributed by atoms with van der Waals surface area (Å²) in [5, 5.41) is 0. The van der Waals surface area contributed by atoms with Gasteiger partial charge >= 0.3 is 5.97 Å². The number of ether oxygens (including phenoxy) is 1. The third-order valence-corrected chi connectivity index (χ3v) is 4.72. The maximum absolute atomic E-state index is 13.1. The van der Waals surface area contributed by atoms with Crippen molar-refractivity contribution in [3.8, 4) is 11.3 Å². The Kier molecular flexibility index (Phi) is 4.88. The predicted octanol–water partition coefficient (Wildman–Crippen LogP) is 2.86. The van der Waals surface area contributed by atoms with E-state index >= 15 is 0 Å². The van der Waals surface area contributed by atoms with Crippen LogP contribution < -0.4 is 0 Å². The molecule has 2 aromatic rings. The fourth-order valence-electron chi connectivity index (χ4n) is 3.32. The highest BCUT2D eigenvalue weighted by atomic mass is 19.1. The lowest BCUT2D eigenvalue weighted by atomic mass is 9.98. The molecular formula is C19H21FN2O3. The van der Waals surface area contributed by atoms with E-state index in [0.717, 1.165) is 24.1 Å². The third-order valence-electron chi connectivity index (χ3n) is 4.72. The van der Waals surface area contributed by atoms with Crippen LogP contribution in [0.3, 0.4) is 0 Å². The highest BCUT2D eigenvalue weighted by Crippen LogP contribution is 2.24. The SMILES string of the molecule is COC(=O)[C@@H]1CCCN(C(=O)c2ccc(-c3ccc(F)cc3)n2C)C1. The van der Waals surface area contributed by atoms with Crippen molar-refractivity contribution in [3.63, 3.8) is 0 Å². The molecule has 2 heterocycles. The van der Waals surface area contributed by atoms with Gasteiger partial charge in [-0.1, -0.05) is 0 Å². The van der Waals surface area contributed by atoms with Crippen molar-refractivity contribution in [2.45, 2.75) is 12.8 Å². The number of rotatable bonds is 3. The number of nitrogens with zero attached hydrogens (tertiary/aromatic N) is 2. The Balaban J connectivity index is 1.81. The topological polar surface area (TPSA) is 51.5 Å². The molecule has 1 amide bonds. The van der Waals surface area contributed by atoms with Gasteiger partial charge < -0.3 is 14.2 Å². The van der Waals surface area contributed by atoms with Crippen molar-refractivity contribution in [3.05, 3.63) is 47.9 Å². The van der Waals surface area contributed by atoms with Crippen LogP contribution in [0.15, 0.2) is 36.4 Å². The molecule has 0 bridgehead atoms. The van der Waals surface area contributed by atoms with E-state index < -0.39 is 0 Å². The Bertz CT molecular complexity index is 782. The van der Waals surface area contributed by atoms with Gasteiger partial charge in [-0.3, -0.25) is 9.59 Å². The molecule has 0 unspecified atom stereocenters. The summed E-state index contributed by atoms with van der Waals surface area (Å²) in [6, 6.07) is 9.79. The minimum absolute atomic E-state index is 0.107. The highest BCUT2D eigenvalue weighted by Gasteiger charge is 2.30. The highest BCUT2D eigenvalue weighted by molar-refractivity contribution is 5.94. The monoisotopic (exact) mass is 344 g/mol. The molecule has 1 saturated heterocycles. The molecule has 0 saturated carbocycles. The molecule has 1 atom stereocenters. The molecule has 1 aliphatic rings. The van der Waals surface area contributed by atoms with Crippen LogP contribution in [0, 0.1) is 11.7 Å². The van der Waals surface area contributed by atoms with Gasteiger partial charge in [0.1, 0.15) is 11.5 Å². The van der Waals surface area contributed by atoms with Crippen LogP contribution in [0.5, 0.6) is 0 Å². The third kappa shape index (κ3) is 3.43. The summed E-state index contributed by atoms with van der Waals surface area (Å²) in [5.41, 5.74) is 2.23. The summed E-state index contributed by atoms with van der Waals surface area (Å²) in [6.45, 7) is 1.01. The molecule has 0 spiro atoms. The van der Waals surface area contributed by atoms with Gasteiger partial charge in [-0.15, -0.1) is 0 Å². The van der Waals surface area contributed by atoms with Crippen LogP contribution in [0.2, 0.25) is 0 Å². The van der Waals surface area contributed by atoms with Crippen LogP contribution in [0.25, 0.3) is 11.3 Å². The number of hydrogen-bond donors (Lipinski definition) is 0. The molecule has 6 heteroatoms. The molecule has 0 aliphatic carbocycles. The first kappa shape index (κ1) is 17.2. The average Bonchev–Trinajstić information content (AvgIpc) is 3.02. The number of methoxy groups -OCH3 is 1. The van der Waals surface area contributed by atoms with Gasteiger partial charge in [0.15, 0.2) is 0 Å². The molecule has 0 N–H and O–H groups in total. The number of esters is 1. The Labute approximate surface area is 146 Å². The Morgan fingerprint density at radius 3 is 2.56 bits per heavy atom. The molecular weight excluding hydrogens is 323 g/mol. The first-order valence-corrected chi connectivity index (χ1v) is 8.30. The Morgan fingerprint density at radius 2 is 1.88 bits per heavy atom. The molecule has 5 nitrogen and oxygen atoms in total. The number of carbonyl (C=O) groups excluding carboxylic acids is 2.